The van der Waals surface area contributed by atoms with Crippen LogP contribution in [-0.4, -0.2) is 31.6 Å². The van der Waals surface area contributed by atoms with Gasteiger partial charge in [0.05, 0.1) is 6.61 Å². The van der Waals surface area contributed by atoms with E-state index in [9.17, 15) is 8.78 Å². The summed E-state index contributed by atoms with van der Waals surface area (Å²) < 4.78 is 32.0. The van der Waals surface area contributed by atoms with Crippen molar-refractivity contribution in [1.29, 1.82) is 0 Å². The van der Waals surface area contributed by atoms with Crippen LogP contribution in [0.5, 0.6) is 0 Å². The Kier molecular flexibility index (Phi) is 8.84. The number of H-pyrrole nitrogens is 1. The maximum Gasteiger partial charge on any atom is 0.191 e. The minimum Gasteiger partial charge on any atom is -0.380 e. The van der Waals surface area contributed by atoms with Gasteiger partial charge in [-0.05, 0) is 47.9 Å². The van der Waals surface area contributed by atoms with Gasteiger partial charge in [0.2, 0.25) is 0 Å². The topological polar surface area (TPSA) is 61.4 Å². The molecule has 0 atom stereocenters. The Labute approximate surface area is 186 Å². The van der Waals surface area contributed by atoms with Crippen LogP contribution in [0.25, 0.3) is 10.9 Å². The molecule has 0 amide bonds. The number of aromatic amines is 1. The standard InChI is InChI=1S/C21H24F2N4O.HI/c1-24-21(27-11-14-3-6-19(23)16(9-14)13-28-2)25-8-7-15-12-26-20-10-17(22)4-5-18(15)20;/h3-6,9-10,12,26H,7-8,11,13H2,1-2H3,(H2,24,25,27);1H. The van der Waals surface area contributed by atoms with Crippen molar-refractivity contribution in [2.45, 2.75) is 19.6 Å². The average molecular weight is 514 g/mol. The number of halogens is 3. The smallest absolute Gasteiger partial charge is 0.191 e. The van der Waals surface area contributed by atoms with Gasteiger partial charge in [-0.3, -0.25) is 4.99 Å². The fourth-order valence-electron chi connectivity index (χ4n) is 3.09. The van der Waals surface area contributed by atoms with Crippen LogP contribution in [0.3, 0.4) is 0 Å². The van der Waals surface area contributed by atoms with E-state index in [1.807, 2.05) is 6.20 Å². The molecular weight excluding hydrogens is 489 g/mol. The first-order valence-electron chi connectivity index (χ1n) is 9.07. The first kappa shape index (κ1) is 23.1. The molecule has 0 spiro atoms. The zero-order valence-electron chi connectivity index (χ0n) is 16.4. The van der Waals surface area contributed by atoms with Gasteiger partial charge in [0.25, 0.3) is 0 Å². The monoisotopic (exact) mass is 514 g/mol. The second-order valence-corrected chi connectivity index (χ2v) is 6.47. The van der Waals surface area contributed by atoms with Crippen LogP contribution in [0.4, 0.5) is 8.78 Å². The third-order valence-corrected chi connectivity index (χ3v) is 4.51. The van der Waals surface area contributed by atoms with E-state index in [1.54, 1.807) is 32.4 Å². The molecule has 2 aromatic carbocycles. The van der Waals surface area contributed by atoms with E-state index in [0.717, 1.165) is 28.5 Å². The van der Waals surface area contributed by atoms with E-state index in [-0.39, 0.29) is 42.2 Å². The third kappa shape index (κ3) is 6.14. The lowest BCUT2D eigenvalue weighted by atomic mass is 10.1. The summed E-state index contributed by atoms with van der Waals surface area (Å²) in [5, 5.41) is 7.49. The van der Waals surface area contributed by atoms with Crippen molar-refractivity contribution in [3.63, 3.8) is 0 Å². The molecule has 0 saturated carbocycles. The third-order valence-electron chi connectivity index (χ3n) is 4.51. The fourth-order valence-corrected chi connectivity index (χ4v) is 3.09. The highest BCUT2D eigenvalue weighted by Crippen LogP contribution is 2.19. The Hall–Kier alpha value is -2.20. The Bertz CT molecular complexity index is 974. The highest BCUT2D eigenvalue weighted by atomic mass is 127. The number of benzene rings is 2. The number of aliphatic imine (C=N–C) groups is 1. The van der Waals surface area contributed by atoms with Gasteiger partial charge in [0.15, 0.2) is 5.96 Å². The van der Waals surface area contributed by atoms with Crippen molar-refractivity contribution >= 4 is 40.8 Å². The van der Waals surface area contributed by atoms with Crippen molar-refractivity contribution in [3.8, 4) is 0 Å². The number of aromatic nitrogens is 1. The van der Waals surface area contributed by atoms with Crippen LogP contribution in [0.2, 0.25) is 0 Å². The SMILES string of the molecule is CN=C(NCCc1c[nH]c2cc(F)ccc12)NCc1ccc(F)c(COC)c1.I. The lowest BCUT2D eigenvalue weighted by Gasteiger charge is -2.12. The number of guanidine groups is 1. The molecule has 3 N–H and O–H groups in total. The number of methoxy groups -OCH3 is 1. The molecule has 0 aliphatic heterocycles. The maximum absolute atomic E-state index is 13.7. The van der Waals surface area contributed by atoms with Gasteiger partial charge in [-0.1, -0.05) is 6.07 Å². The van der Waals surface area contributed by atoms with Crippen molar-refractivity contribution in [2.24, 2.45) is 4.99 Å². The van der Waals surface area contributed by atoms with Gasteiger partial charge in [-0.25, -0.2) is 8.78 Å². The molecule has 0 radical (unpaired) electrons. The molecule has 8 heteroatoms. The van der Waals surface area contributed by atoms with E-state index >= 15 is 0 Å². The molecule has 0 unspecified atom stereocenters. The zero-order valence-corrected chi connectivity index (χ0v) is 18.7. The van der Waals surface area contributed by atoms with Crippen LogP contribution >= 0.6 is 24.0 Å². The fraction of sp³-hybridized carbons (Fsp3) is 0.286. The van der Waals surface area contributed by atoms with Crippen LogP contribution < -0.4 is 10.6 Å². The molecule has 0 aliphatic rings. The molecule has 1 aromatic heterocycles. The zero-order chi connectivity index (χ0) is 19.9. The molecule has 29 heavy (non-hydrogen) atoms. The van der Waals surface area contributed by atoms with Gasteiger partial charge >= 0.3 is 0 Å². The quantitative estimate of drug-likeness (QED) is 0.253. The molecule has 1 heterocycles. The van der Waals surface area contributed by atoms with Gasteiger partial charge in [-0.15, -0.1) is 24.0 Å². The Morgan fingerprint density at radius 3 is 2.69 bits per heavy atom. The number of nitrogens with zero attached hydrogens (tertiary/aromatic N) is 1. The summed E-state index contributed by atoms with van der Waals surface area (Å²) in [5.41, 5.74) is 3.37. The normalized spacial score (nSPS) is 11.4. The van der Waals surface area contributed by atoms with Crippen LogP contribution in [0, 0.1) is 11.6 Å². The van der Waals surface area contributed by atoms with Gasteiger partial charge in [-0.2, -0.15) is 0 Å². The molecule has 5 nitrogen and oxygen atoms in total. The summed E-state index contributed by atoms with van der Waals surface area (Å²) in [6, 6.07) is 9.71. The lowest BCUT2D eigenvalue weighted by Crippen LogP contribution is -2.37. The highest BCUT2D eigenvalue weighted by Gasteiger charge is 2.07. The summed E-state index contributed by atoms with van der Waals surface area (Å²) in [5.74, 6) is 0.133. The predicted octanol–water partition coefficient (Wildman–Crippen LogP) is 4.12. The predicted molar refractivity (Wildman–Crippen MR) is 123 cm³/mol. The molecule has 0 bridgehead atoms. The lowest BCUT2D eigenvalue weighted by molar-refractivity contribution is 0.181. The Morgan fingerprint density at radius 2 is 1.93 bits per heavy atom. The van der Waals surface area contributed by atoms with Gasteiger partial charge in [0.1, 0.15) is 11.6 Å². The summed E-state index contributed by atoms with van der Waals surface area (Å²) in [4.78, 5) is 7.30. The van der Waals surface area contributed by atoms with E-state index < -0.39 is 0 Å². The van der Waals surface area contributed by atoms with Gasteiger partial charge < -0.3 is 20.4 Å². The van der Waals surface area contributed by atoms with Crippen molar-refractivity contribution < 1.29 is 13.5 Å². The van der Waals surface area contributed by atoms with Gasteiger partial charge in [0, 0.05) is 49.9 Å². The molecule has 0 aliphatic carbocycles. The first-order valence-corrected chi connectivity index (χ1v) is 9.07. The molecule has 0 fully saturated rings. The molecule has 0 saturated heterocycles. The second kappa shape index (κ2) is 11.1. The molecule has 156 valence electrons. The van der Waals surface area contributed by atoms with Crippen LogP contribution in [-0.2, 0) is 24.3 Å². The molecule has 3 rings (SSSR count). The first-order chi connectivity index (χ1) is 13.6. The maximum atomic E-state index is 13.7. The summed E-state index contributed by atoms with van der Waals surface area (Å²) in [6.45, 7) is 1.42. The van der Waals surface area contributed by atoms with Crippen molar-refractivity contribution in [1.82, 2.24) is 15.6 Å². The number of ether oxygens (including phenoxy) is 1. The second-order valence-electron chi connectivity index (χ2n) is 6.47. The number of hydrogen-bond acceptors (Lipinski definition) is 2. The van der Waals surface area contributed by atoms with E-state index in [4.69, 9.17) is 4.74 Å². The minimum absolute atomic E-state index is 0. The number of hydrogen-bond donors (Lipinski definition) is 3. The largest absolute Gasteiger partial charge is 0.380 e. The number of fused-ring (bicyclic) bond motifs is 1. The minimum atomic E-state index is -0.272. The number of nitrogens with one attached hydrogen (secondary N) is 3. The number of rotatable bonds is 7. The summed E-state index contributed by atoms with van der Waals surface area (Å²) in [6.07, 6.45) is 2.67. The van der Waals surface area contributed by atoms with Crippen molar-refractivity contribution in [3.05, 3.63) is 70.9 Å². The average Bonchev–Trinajstić information content (AvgIpc) is 3.09. The van der Waals surface area contributed by atoms with Crippen LogP contribution in [0.1, 0.15) is 16.7 Å². The van der Waals surface area contributed by atoms with E-state index in [1.165, 1.54) is 18.2 Å². The summed E-state index contributed by atoms with van der Waals surface area (Å²) >= 11 is 0. The van der Waals surface area contributed by atoms with Crippen LogP contribution in [0.15, 0.2) is 47.6 Å². The summed E-state index contributed by atoms with van der Waals surface area (Å²) in [7, 11) is 3.24. The molecular formula is C21H25F2IN4O. The highest BCUT2D eigenvalue weighted by molar-refractivity contribution is 14.0. The Balaban J connectivity index is 0.00000300. The van der Waals surface area contributed by atoms with Crippen molar-refractivity contribution in [2.75, 3.05) is 20.7 Å². The van der Waals surface area contributed by atoms with E-state index in [2.05, 4.69) is 20.6 Å². The Morgan fingerprint density at radius 1 is 1.10 bits per heavy atom. The van der Waals surface area contributed by atoms with E-state index in [0.29, 0.717) is 24.6 Å². The molecule has 3 aromatic rings.